The average molecular weight is 727 g/mol. The fraction of sp³-hybridized carbons (Fsp3) is 0.559. The highest BCUT2D eigenvalue weighted by atomic mass is 32.1. The Labute approximate surface area is 291 Å². The van der Waals surface area contributed by atoms with Gasteiger partial charge in [0.05, 0.1) is 11.4 Å². The standard InChI is InChI=1S/C32H40N2O8S.C2HF3O2/c35-25(18-34-32(38)29-16-22-17-33-14-13-28(22)43-29)21-11-12-26(39-19-30(36)41-23-7-3-1-4-8-23)27(15-21)40-20-31(37)42-24-9-5-2-6-10-24;3-2(4,5)1(6)7/h11-12,15-16,23-24,33H,1-10,13-14,17-20H2,(H,34,38);(H,6,7). The minimum Gasteiger partial charge on any atom is -0.478 e. The molecule has 0 saturated heterocycles. The molecular formula is C34H41F3N2O10S. The molecule has 1 amide bonds. The van der Waals surface area contributed by atoms with Gasteiger partial charge < -0.3 is 34.7 Å². The molecule has 2 aliphatic carbocycles. The normalized spacial score (nSPS) is 16.5. The molecule has 3 aliphatic rings. The predicted molar refractivity (Wildman–Crippen MR) is 173 cm³/mol. The van der Waals surface area contributed by atoms with E-state index < -0.39 is 24.1 Å². The zero-order valence-electron chi connectivity index (χ0n) is 27.4. The summed E-state index contributed by atoms with van der Waals surface area (Å²) in [7, 11) is 0. The summed E-state index contributed by atoms with van der Waals surface area (Å²) in [4.78, 5) is 61.4. The Balaban J connectivity index is 0.000000727. The summed E-state index contributed by atoms with van der Waals surface area (Å²) in [5.74, 6) is -4.06. The molecule has 2 heterocycles. The summed E-state index contributed by atoms with van der Waals surface area (Å²) in [6.45, 7) is 0.713. The van der Waals surface area contributed by atoms with Crippen LogP contribution in [0.15, 0.2) is 24.3 Å². The maximum absolute atomic E-state index is 13.0. The summed E-state index contributed by atoms with van der Waals surface area (Å²) in [5.41, 5.74) is 1.39. The fourth-order valence-corrected chi connectivity index (χ4v) is 6.80. The largest absolute Gasteiger partial charge is 0.490 e. The number of ketones is 1. The molecule has 1 aliphatic heterocycles. The van der Waals surface area contributed by atoms with Gasteiger partial charge in [-0.25, -0.2) is 14.4 Å². The number of hydrogen-bond donors (Lipinski definition) is 3. The van der Waals surface area contributed by atoms with E-state index in [0.717, 1.165) is 89.3 Å². The summed E-state index contributed by atoms with van der Waals surface area (Å²) in [5, 5.41) is 13.1. The lowest BCUT2D eigenvalue weighted by Crippen LogP contribution is -2.29. The van der Waals surface area contributed by atoms with E-state index in [9.17, 15) is 32.3 Å². The van der Waals surface area contributed by atoms with Gasteiger partial charge in [-0.1, -0.05) is 12.8 Å². The number of benzene rings is 1. The maximum Gasteiger partial charge on any atom is 0.490 e. The van der Waals surface area contributed by atoms with Crippen LogP contribution in [-0.2, 0) is 36.8 Å². The topological polar surface area (TPSA) is 167 Å². The van der Waals surface area contributed by atoms with E-state index >= 15 is 0 Å². The highest BCUT2D eigenvalue weighted by Crippen LogP contribution is 2.30. The van der Waals surface area contributed by atoms with Crippen molar-refractivity contribution in [2.75, 3.05) is 26.3 Å². The number of ether oxygens (including phenoxy) is 4. The number of aliphatic carboxylic acids is 1. The van der Waals surface area contributed by atoms with E-state index in [-0.39, 0.29) is 60.7 Å². The molecule has 50 heavy (non-hydrogen) atoms. The molecule has 5 rings (SSSR count). The smallest absolute Gasteiger partial charge is 0.478 e. The van der Waals surface area contributed by atoms with Crippen molar-refractivity contribution in [2.45, 2.75) is 95.6 Å². The summed E-state index contributed by atoms with van der Waals surface area (Å²) in [6, 6.07) is 6.39. The van der Waals surface area contributed by atoms with Crippen molar-refractivity contribution in [3.05, 3.63) is 45.1 Å². The van der Waals surface area contributed by atoms with Crippen LogP contribution in [0.2, 0.25) is 0 Å². The zero-order valence-corrected chi connectivity index (χ0v) is 28.3. The van der Waals surface area contributed by atoms with Gasteiger partial charge in [0, 0.05) is 23.5 Å². The lowest BCUT2D eigenvalue weighted by molar-refractivity contribution is -0.192. The molecule has 0 bridgehead atoms. The molecule has 1 aromatic carbocycles. The first-order chi connectivity index (χ1) is 23.9. The number of Topliss-reactive ketones (excluding diaryl/α,β-unsaturated/α-hetero) is 1. The third-order valence-electron chi connectivity index (χ3n) is 8.27. The minimum atomic E-state index is -5.08. The summed E-state index contributed by atoms with van der Waals surface area (Å²) >= 11 is 1.45. The number of amides is 1. The molecular weight excluding hydrogens is 685 g/mol. The number of carbonyl (C=O) groups is 5. The SMILES string of the molecule is O=C(COc1ccc(C(=O)CNC(=O)c2cc3c(s2)CCNC3)cc1OCC(=O)OC1CCCCC1)OC1CCCCC1.O=C(O)C(F)(F)F. The highest BCUT2D eigenvalue weighted by molar-refractivity contribution is 7.14. The number of carboxylic acid groups (broad SMARTS) is 1. The van der Waals surface area contributed by atoms with Gasteiger partial charge in [0.25, 0.3) is 5.91 Å². The molecule has 0 unspecified atom stereocenters. The molecule has 0 atom stereocenters. The number of fused-ring (bicyclic) bond motifs is 1. The minimum absolute atomic E-state index is 0.0957. The van der Waals surface area contributed by atoms with Crippen LogP contribution in [0.4, 0.5) is 13.2 Å². The van der Waals surface area contributed by atoms with Crippen LogP contribution in [0.25, 0.3) is 0 Å². The molecule has 2 saturated carbocycles. The lowest BCUT2D eigenvalue weighted by Gasteiger charge is -2.22. The van der Waals surface area contributed by atoms with Crippen LogP contribution < -0.4 is 20.1 Å². The molecule has 16 heteroatoms. The number of esters is 2. The van der Waals surface area contributed by atoms with Gasteiger partial charge in [-0.2, -0.15) is 13.2 Å². The maximum atomic E-state index is 13.0. The number of rotatable bonds is 12. The van der Waals surface area contributed by atoms with E-state index in [2.05, 4.69) is 10.6 Å². The van der Waals surface area contributed by atoms with Crippen molar-refractivity contribution in [3.8, 4) is 11.5 Å². The second-order valence-corrected chi connectivity index (χ2v) is 13.3. The Morgan fingerprint density at radius 2 is 1.40 bits per heavy atom. The molecule has 3 N–H and O–H groups in total. The fourth-order valence-electron chi connectivity index (χ4n) is 5.71. The van der Waals surface area contributed by atoms with Crippen LogP contribution in [-0.4, -0.2) is 79.4 Å². The van der Waals surface area contributed by atoms with Gasteiger partial charge in [0.15, 0.2) is 30.5 Å². The van der Waals surface area contributed by atoms with Crippen LogP contribution in [0.3, 0.4) is 0 Å². The third kappa shape index (κ3) is 12.3. The van der Waals surface area contributed by atoms with E-state index in [1.165, 1.54) is 28.3 Å². The number of carboxylic acids is 1. The van der Waals surface area contributed by atoms with Crippen molar-refractivity contribution in [1.82, 2.24) is 10.6 Å². The van der Waals surface area contributed by atoms with Crippen LogP contribution in [0, 0.1) is 0 Å². The van der Waals surface area contributed by atoms with E-state index in [1.54, 1.807) is 6.07 Å². The number of hydrogen-bond acceptors (Lipinski definition) is 11. The molecule has 1 aromatic heterocycles. The number of nitrogens with one attached hydrogen (secondary N) is 2. The molecule has 0 spiro atoms. The highest BCUT2D eigenvalue weighted by Gasteiger charge is 2.38. The monoisotopic (exact) mass is 726 g/mol. The van der Waals surface area contributed by atoms with Crippen molar-refractivity contribution in [1.29, 1.82) is 0 Å². The van der Waals surface area contributed by atoms with Crippen LogP contribution in [0.1, 0.15) is 94.7 Å². The van der Waals surface area contributed by atoms with Crippen molar-refractivity contribution in [2.24, 2.45) is 0 Å². The molecule has 0 radical (unpaired) electrons. The zero-order chi connectivity index (χ0) is 36.1. The number of alkyl halides is 3. The van der Waals surface area contributed by atoms with Crippen molar-refractivity contribution in [3.63, 3.8) is 0 Å². The Bertz CT molecular complexity index is 1480. The Morgan fingerprint density at radius 3 is 1.94 bits per heavy atom. The van der Waals surface area contributed by atoms with Crippen molar-refractivity contribution >= 4 is 40.9 Å². The number of halogens is 3. The molecule has 12 nitrogen and oxygen atoms in total. The van der Waals surface area contributed by atoms with Gasteiger partial charge >= 0.3 is 24.1 Å². The van der Waals surface area contributed by atoms with E-state index in [0.29, 0.717) is 4.88 Å². The first kappa shape index (κ1) is 38.6. The number of carbonyl (C=O) groups excluding carboxylic acids is 4. The second kappa shape index (κ2) is 18.7. The Morgan fingerprint density at radius 1 is 0.840 bits per heavy atom. The van der Waals surface area contributed by atoms with Crippen LogP contribution in [0.5, 0.6) is 11.5 Å². The van der Waals surface area contributed by atoms with Gasteiger partial charge in [0.2, 0.25) is 0 Å². The first-order valence-corrected chi connectivity index (χ1v) is 17.4. The molecule has 2 fully saturated rings. The van der Waals surface area contributed by atoms with E-state index in [1.807, 2.05) is 6.07 Å². The van der Waals surface area contributed by atoms with Gasteiger partial charge in [-0.15, -0.1) is 11.3 Å². The van der Waals surface area contributed by atoms with Crippen LogP contribution >= 0.6 is 11.3 Å². The first-order valence-electron chi connectivity index (χ1n) is 16.6. The third-order valence-corrected chi connectivity index (χ3v) is 9.51. The van der Waals surface area contributed by atoms with Gasteiger partial charge in [-0.3, -0.25) is 9.59 Å². The van der Waals surface area contributed by atoms with E-state index in [4.69, 9.17) is 28.8 Å². The molecule has 274 valence electrons. The summed E-state index contributed by atoms with van der Waals surface area (Å²) < 4.78 is 54.3. The Hall–Kier alpha value is -4.18. The molecule has 2 aromatic rings. The second-order valence-electron chi connectivity index (χ2n) is 12.1. The Kier molecular flexibility index (Phi) is 14.5. The summed E-state index contributed by atoms with van der Waals surface area (Å²) in [6.07, 6.45) is 5.39. The van der Waals surface area contributed by atoms with Crippen molar-refractivity contribution < 1.29 is 61.2 Å². The lowest BCUT2D eigenvalue weighted by atomic mass is 9.98. The number of thiophene rings is 1. The van der Waals surface area contributed by atoms with Gasteiger partial charge in [-0.05, 0) is 87.6 Å². The predicted octanol–water partition coefficient (Wildman–Crippen LogP) is 5.15. The van der Waals surface area contributed by atoms with Gasteiger partial charge in [0.1, 0.15) is 12.2 Å². The quantitative estimate of drug-likeness (QED) is 0.196. The average Bonchev–Trinajstić information content (AvgIpc) is 3.54.